The summed E-state index contributed by atoms with van der Waals surface area (Å²) in [5.41, 5.74) is 1.85. The van der Waals surface area contributed by atoms with Crippen LogP contribution in [0.15, 0.2) is 4.47 Å². The number of nitrogens with zero attached hydrogens (tertiary/aromatic N) is 2. The van der Waals surface area contributed by atoms with Gasteiger partial charge in [0.25, 0.3) is 0 Å². The van der Waals surface area contributed by atoms with E-state index < -0.39 is 0 Å². The first-order valence-corrected chi connectivity index (χ1v) is 7.16. The van der Waals surface area contributed by atoms with E-state index in [0.717, 1.165) is 28.7 Å². The van der Waals surface area contributed by atoms with Crippen LogP contribution in [-0.4, -0.2) is 28.3 Å². The van der Waals surface area contributed by atoms with Crippen LogP contribution in [0.4, 0.5) is 0 Å². The second-order valence-electron chi connectivity index (χ2n) is 4.83. The highest BCUT2D eigenvalue weighted by atomic mass is 79.9. The molecular formula is C13H19BrN2O2. The first-order chi connectivity index (χ1) is 8.54. The number of carbonyl (C=O) groups is 1. The SMILES string of the molecule is CCOC(C(=O)Cc1c(Br)c(C)nn1C)C1CC1. The molecule has 0 spiro atoms. The van der Waals surface area contributed by atoms with Crippen molar-refractivity contribution in [2.75, 3.05) is 6.61 Å². The second-order valence-corrected chi connectivity index (χ2v) is 5.62. The lowest BCUT2D eigenvalue weighted by molar-refractivity contribution is -0.131. The van der Waals surface area contributed by atoms with Gasteiger partial charge < -0.3 is 4.74 Å². The van der Waals surface area contributed by atoms with Crippen LogP contribution in [0.1, 0.15) is 31.2 Å². The van der Waals surface area contributed by atoms with Gasteiger partial charge in [-0.2, -0.15) is 5.10 Å². The molecular weight excluding hydrogens is 296 g/mol. The molecule has 0 radical (unpaired) electrons. The lowest BCUT2D eigenvalue weighted by atomic mass is 10.1. The summed E-state index contributed by atoms with van der Waals surface area (Å²) in [5, 5.41) is 4.31. The van der Waals surface area contributed by atoms with Crippen LogP contribution in [-0.2, 0) is 23.0 Å². The number of ether oxygens (including phenoxy) is 1. The van der Waals surface area contributed by atoms with Crippen molar-refractivity contribution in [3.63, 3.8) is 0 Å². The molecule has 4 nitrogen and oxygen atoms in total. The Bertz CT molecular complexity index is 452. The maximum absolute atomic E-state index is 12.3. The number of Topliss-reactive ketones (excluding diaryl/α,β-unsaturated/α-hetero) is 1. The minimum Gasteiger partial charge on any atom is -0.370 e. The van der Waals surface area contributed by atoms with E-state index in [4.69, 9.17) is 4.74 Å². The summed E-state index contributed by atoms with van der Waals surface area (Å²) in [4.78, 5) is 12.3. The molecule has 1 aliphatic carbocycles. The van der Waals surface area contributed by atoms with Gasteiger partial charge in [0.2, 0.25) is 0 Å². The Balaban J connectivity index is 2.09. The lowest BCUT2D eigenvalue weighted by Crippen LogP contribution is -2.28. The third-order valence-electron chi connectivity index (χ3n) is 3.32. The fraction of sp³-hybridized carbons (Fsp3) is 0.692. The molecule has 1 fully saturated rings. The average molecular weight is 315 g/mol. The summed E-state index contributed by atoms with van der Waals surface area (Å²) in [5.74, 6) is 0.605. The maximum atomic E-state index is 12.3. The topological polar surface area (TPSA) is 44.1 Å². The van der Waals surface area contributed by atoms with E-state index in [2.05, 4.69) is 21.0 Å². The highest BCUT2D eigenvalue weighted by Gasteiger charge is 2.37. The zero-order valence-electron chi connectivity index (χ0n) is 11.1. The number of halogens is 1. The van der Waals surface area contributed by atoms with Crippen LogP contribution in [0.2, 0.25) is 0 Å². The molecule has 1 aromatic heterocycles. The summed E-state index contributed by atoms with van der Waals surface area (Å²) in [6, 6.07) is 0. The number of carbonyl (C=O) groups excluding carboxylic acids is 1. The van der Waals surface area contributed by atoms with Gasteiger partial charge in [0.1, 0.15) is 6.10 Å². The molecule has 1 aromatic rings. The lowest BCUT2D eigenvalue weighted by Gasteiger charge is -2.15. The van der Waals surface area contributed by atoms with E-state index >= 15 is 0 Å². The molecule has 18 heavy (non-hydrogen) atoms. The van der Waals surface area contributed by atoms with Crippen molar-refractivity contribution < 1.29 is 9.53 Å². The Labute approximate surface area is 116 Å². The molecule has 1 unspecified atom stereocenters. The van der Waals surface area contributed by atoms with Crippen molar-refractivity contribution in [2.24, 2.45) is 13.0 Å². The van der Waals surface area contributed by atoms with Crippen LogP contribution in [0.3, 0.4) is 0 Å². The van der Waals surface area contributed by atoms with Gasteiger partial charge in [0.05, 0.1) is 22.3 Å². The third kappa shape index (κ3) is 2.83. The molecule has 0 N–H and O–H groups in total. The van der Waals surface area contributed by atoms with Crippen LogP contribution >= 0.6 is 15.9 Å². The number of aromatic nitrogens is 2. The van der Waals surface area contributed by atoms with E-state index in [9.17, 15) is 4.79 Å². The van der Waals surface area contributed by atoms with Gasteiger partial charge in [-0.1, -0.05) is 0 Å². The summed E-state index contributed by atoms with van der Waals surface area (Å²) in [6.45, 7) is 4.46. The number of rotatable bonds is 6. The van der Waals surface area contributed by atoms with Crippen LogP contribution in [0.5, 0.6) is 0 Å². The second kappa shape index (κ2) is 5.53. The minimum absolute atomic E-state index is 0.169. The quantitative estimate of drug-likeness (QED) is 0.810. The number of ketones is 1. The Morgan fingerprint density at radius 2 is 2.28 bits per heavy atom. The van der Waals surface area contributed by atoms with Crippen molar-refractivity contribution in [1.29, 1.82) is 0 Å². The predicted molar refractivity (Wildman–Crippen MR) is 72.5 cm³/mol. The molecule has 1 saturated carbocycles. The van der Waals surface area contributed by atoms with Crippen molar-refractivity contribution in [2.45, 2.75) is 39.2 Å². The van der Waals surface area contributed by atoms with Crippen molar-refractivity contribution in [1.82, 2.24) is 9.78 Å². The molecule has 0 bridgehead atoms. The predicted octanol–water partition coefficient (Wildman–Crippen LogP) is 2.42. The molecule has 0 amide bonds. The number of aryl methyl sites for hydroxylation is 2. The Morgan fingerprint density at radius 3 is 2.72 bits per heavy atom. The molecule has 0 saturated heterocycles. The molecule has 100 valence electrons. The first kappa shape index (κ1) is 13.7. The van der Waals surface area contributed by atoms with Gasteiger partial charge in [-0.25, -0.2) is 0 Å². The van der Waals surface area contributed by atoms with Gasteiger partial charge >= 0.3 is 0 Å². The van der Waals surface area contributed by atoms with Crippen LogP contribution in [0, 0.1) is 12.8 Å². The van der Waals surface area contributed by atoms with Crippen LogP contribution in [0.25, 0.3) is 0 Å². The van der Waals surface area contributed by atoms with E-state index in [1.807, 2.05) is 20.9 Å². The fourth-order valence-corrected chi connectivity index (χ4v) is 2.68. The largest absolute Gasteiger partial charge is 0.370 e. The summed E-state index contributed by atoms with van der Waals surface area (Å²) in [6.07, 6.45) is 2.39. The monoisotopic (exact) mass is 314 g/mol. The fourth-order valence-electron chi connectivity index (χ4n) is 2.21. The summed E-state index contributed by atoms with van der Waals surface area (Å²) >= 11 is 3.49. The van der Waals surface area contributed by atoms with E-state index in [-0.39, 0.29) is 11.9 Å². The summed E-state index contributed by atoms with van der Waals surface area (Å²) < 4.78 is 8.30. The standard InChI is InChI=1S/C13H19BrN2O2/c1-4-18-13(9-5-6-9)11(17)7-10-12(14)8(2)15-16(10)3/h9,13H,4-7H2,1-3H3. The summed E-state index contributed by atoms with van der Waals surface area (Å²) in [7, 11) is 1.87. The highest BCUT2D eigenvalue weighted by molar-refractivity contribution is 9.10. The Morgan fingerprint density at radius 1 is 1.61 bits per heavy atom. The van der Waals surface area contributed by atoms with E-state index in [0.29, 0.717) is 18.9 Å². The Kier molecular flexibility index (Phi) is 4.22. The van der Waals surface area contributed by atoms with Gasteiger partial charge in [0, 0.05) is 13.7 Å². The van der Waals surface area contributed by atoms with Gasteiger partial charge in [-0.05, 0) is 48.5 Å². The normalized spacial score (nSPS) is 16.9. The Hall–Kier alpha value is -0.680. The molecule has 2 rings (SSSR count). The van der Waals surface area contributed by atoms with Crippen molar-refractivity contribution in [3.8, 4) is 0 Å². The molecule has 0 aliphatic heterocycles. The van der Waals surface area contributed by atoms with Gasteiger partial charge in [0.15, 0.2) is 5.78 Å². The van der Waals surface area contributed by atoms with E-state index in [1.54, 1.807) is 4.68 Å². The molecule has 1 heterocycles. The molecule has 5 heteroatoms. The molecule has 1 atom stereocenters. The maximum Gasteiger partial charge on any atom is 0.167 e. The minimum atomic E-state index is -0.225. The first-order valence-electron chi connectivity index (χ1n) is 6.36. The molecule has 0 aromatic carbocycles. The van der Waals surface area contributed by atoms with Gasteiger partial charge in [-0.3, -0.25) is 9.48 Å². The number of hydrogen-bond acceptors (Lipinski definition) is 3. The molecule has 1 aliphatic rings. The zero-order chi connectivity index (χ0) is 13.3. The third-order valence-corrected chi connectivity index (χ3v) is 4.35. The smallest absolute Gasteiger partial charge is 0.167 e. The van der Waals surface area contributed by atoms with Crippen LogP contribution < -0.4 is 0 Å². The highest BCUT2D eigenvalue weighted by Crippen LogP contribution is 2.35. The average Bonchev–Trinajstić information content (AvgIpc) is 3.12. The van der Waals surface area contributed by atoms with Crippen molar-refractivity contribution >= 4 is 21.7 Å². The van der Waals surface area contributed by atoms with Crippen molar-refractivity contribution in [3.05, 3.63) is 15.9 Å². The number of hydrogen-bond donors (Lipinski definition) is 0. The van der Waals surface area contributed by atoms with Gasteiger partial charge in [-0.15, -0.1) is 0 Å². The zero-order valence-corrected chi connectivity index (χ0v) is 12.7. The van der Waals surface area contributed by atoms with E-state index in [1.165, 1.54) is 0 Å².